The molecule has 5 nitrogen and oxygen atoms in total. The molecule has 0 radical (unpaired) electrons. The lowest BCUT2D eigenvalue weighted by Gasteiger charge is -2.39. The number of rotatable bonds is 8. The summed E-state index contributed by atoms with van der Waals surface area (Å²) in [6.45, 7) is 4.71. The summed E-state index contributed by atoms with van der Waals surface area (Å²) in [5, 5.41) is 14.2. The van der Waals surface area contributed by atoms with Gasteiger partial charge >= 0.3 is 0 Å². The molecule has 1 unspecified atom stereocenters. The second-order valence-electron chi connectivity index (χ2n) is 8.41. The fourth-order valence-corrected chi connectivity index (χ4v) is 4.54. The zero-order valence-electron chi connectivity index (χ0n) is 16.8. The van der Waals surface area contributed by atoms with E-state index < -0.39 is 5.60 Å². The van der Waals surface area contributed by atoms with Gasteiger partial charge in [-0.3, -0.25) is 9.78 Å². The monoisotopic (exact) mass is 373 g/mol. The quantitative estimate of drug-likeness (QED) is 0.688. The molecule has 0 aromatic carbocycles. The number of aliphatic hydroxyl groups is 1. The summed E-state index contributed by atoms with van der Waals surface area (Å²) in [4.78, 5) is 19.2. The highest BCUT2D eigenvalue weighted by atomic mass is 16.3. The van der Waals surface area contributed by atoms with Crippen LogP contribution in [0.5, 0.6) is 0 Å². The van der Waals surface area contributed by atoms with Crippen LogP contribution in [0.4, 0.5) is 0 Å². The van der Waals surface area contributed by atoms with E-state index in [1.54, 1.807) is 0 Å². The van der Waals surface area contributed by atoms with Gasteiger partial charge in [-0.25, -0.2) is 0 Å². The molecule has 1 aromatic heterocycles. The van der Waals surface area contributed by atoms with Crippen molar-refractivity contribution >= 4 is 5.91 Å². The van der Waals surface area contributed by atoms with Crippen LogP contribution in [0.3, 0.4) is 0 Å². The van der Waals surface area contributed by atoms with E-state index in [1.165, 1.54) is 37.7 Å². The normalized spacial score (nSPS) is 24.4. The molecule has 1 aliphatic carbocycles. The maximum absolute atomic E-state index is 12.9. The summed E-state index contributed by atoms with van der Waals surface area (Å²) in [6.07, 6.45) is 11.8. The fraction of sp³-hybridized carbons (Fsp3) is 0.727. The summed E-state index contributed by atoms with van der Waals surface area (Å²) in [6, 6.07) is 4.00. The largest absolute Gasteiger partial charge is 0.379 e. The Balaban J connectivity index is 1.44. The number of aromatic nitrogens is 1. The Kier molecular flexibility index (Phi) is 7.25. The number of carbonyl (C=O) groups excluding carboxylic acids is 1. The van der Waals surface area contributed by atoms with Crippen LogP contribution in [0.25, 0.3) is 0 Å². The van der Waals surface area contributed by atoms with Gasteiger partial charge in [-0.1, -0.05) is 38.2 Å². The molecular weight excluding hydrogens is 338 g/mol. The smallest absolute Gasteiger partial charge is 0.255 e. The van der Waals surface area contributed by atoms with E-state index in [1.807, 2.05) is 17.2 Å². The standard InChI is InChI=1S/C22H35N3O2/c1-18-7-5-13-24-20(18)10-14-23-17-22(27)12-6-15-25(21(22)26)16-11-19-8-3-2-4-9-19/h5,7,13,19,23,27H,2-4,6,8-12,14-17H2,1H3. The van der Waals surface area contributed by atoms with Gasteiger partial charge in [0.2, 0.25) is 0 Å². The molecule has 27 heavy (non-hydrogen) atoms. The van der Waals surface area contributed by atoms with Gasteiger partial charge in [0, 0.05) is 44.5 Å². The zero-order chi connectivity index (χ0) is 19.1. The van der Waals surface area contributed by atoms with Gasteiger partial charge in [-0.2, -0.15) is 0 Å². The van der Waals surface area contributed by atoms with Crippen molar-refractivity contribution in [3.63, 3.8) is 0 Å². The maximum Gasteiger partial charge on any atom is 0.255 e. The van der Waals surface area contributed by atoms with Crippen LogP contribution in [0.15, 0.2) is 18.3 Å². The molecule has 0 bridgehead atoms. The van der Waals surface area contributed by atoms with E-state index in [9.17, 15) is 9.90 Å². The number of pyridine rings is 1. The topological polar surface area (TPSA) is 65.5 Å². The number of nitrogens with zero attached hydrogens (tertiary/aromatic N) is 2. The Bertz CT molecular complexity index is 615. The third kappa shape index (κ3) is 5.52. The summed E-state index contributed by atoms with van der Waals surface area (Å²) < 4.78 is 0. The van der Waals surface area contributed by atoms with Gasteiger partial charge in [0.1, 0.15) is 0 Å². The SMILES string of the molecule is Cc1cccnc1CCNCC1(O)CCCN(CCC2CCCCC2)C1=O. The predicted octanol–water partition coefficient (Wildman–Crippen LogP) is 2.85. The highest BCUT2D eigenvalue weighted by Crippen LogP contribution is 2.28. The minimum absolute atomic E-state index is 0.0777. The molecule has 2 N–H and O–H groups in total. The number of hydrogen-bond donors (Lipinski definition) is 2. The molecule has 2 heterocycles. The minimum atomic E-state index is -1.25. The lowest BCUT2D eigenvalue weighted by molar-refractivity contribution is -0.156. The Morgan fingerprint density at radius 3 is 2.89 bits per heavy atom. The minimum Gasteiger partial charge on any atom is -0.379 e. The first-order valence-electron chi connectivity index (χ1n) is 10.7. The van der Waals surface area contributed by atoms with Gasteiger partial charge in [0.25, 0.3) is 5.91 Å². The lowest BCUT2D eigenvalue weighted by Crippen LogP contribution is -2.58. The van der Waals surface area contributed by atoms with Crippen molar-refractivity contribution in [1.29, 1.82) is 0 Å². The van der Waals surface area contributed by atoms with Crippen molar-refractivity contribution < 1.29 is 9.90 Å². The Morgan fingerprint density at radius 2 is 2.11 bits per heavy atom. The molecule has 1 amide bonds. The van der Waals surface area contributed by atoms with Crippen molar-refractivity contribution in [3.05, 3.63) is 29.6 Å². The Hall–Kier alpha value is -1.46. The summed E-state index contributed by atoms with van der Waals surface area (Å²) in [5.41, 5.74) is 1.01. The van der Waals surface area contributed by atoms with Gasteiger partial charge < -0.3 is 15.3 Å². The summed E-state index contributed by atoms with van der Waals surface area (Å²) in [7, 11) is 0. The number of aryl methyl sites for hydroxylation is 1. The number of nitrogens with one attached hydrogen (secondary N) is 1. The second-order valence-corrected chi connectivity index (χ2v) is 8.41. The number of hydrogen-bond acceptors (Lipinski definition) is 4. The van der Waals surface area contributed by atoms with E-state index in [4.69, 9.17) is 0 Å². The number of piperidine rings is 1. The van der Waals surface area contributed by atoms with Crippen molar-refractivity contribution in [3.8, 4) is 0 Å². The summed E-state index contributed by atoms with van der Waals surface area (Å²) >= 11 is 0. The van der Waals surface area contributed by atoms with Gasteiger partial charge in [0.15, 0.2) is 5.60 Å². The predicted molar refractivity (Wildman–Crippen MR) is 108 cm³/mol. The van der Waals surface area contributed by atoms with E-state index in [0.717, 1.165) is 50.5 Å². The van der Waals surface area contributed by atoms with Crippen LogP contribution < -0.4 is 5.32 Å². The average molecular weight is 374 g/mol. The molecule has 1 saturated heterocycles. The van der Waals surface area contributed by atoms with Crippen LogP contribution in [-0.2, 0) is 11.2 Å². The molecule has 0 spiro atoms. The highest BCUT2D eigenvalue weighted by molar-refractivity contribution is 5.86. The van der Waals surface area contributed by atoms with Crippen LogP contribution in [-0.4, -0.2) is 52.7 Å². The van der Waals surface area contributed by atoms with Gasteiger partial charge in [-0.15, -0.1) is 0 Å². The van der Waals surface area contributed by atoms with Gasteiger partial charge in [0.05, 0.1) is 0 Å². The third-order valence-electron chi connectivity index (χ3n) is 6.31. The molecule has 1 atom stereocenters. The third-order valence-corrected chi connectivity index (χ3v) is 6.31. The first-order chi connectivity index (χ1) is 13.1. The van der Waals surface area contributed by atoms with Crippen LogP contribution >= 0.6 is 0 Å². The van der Waals surface area contributed by atoms with E-state index in [2.05, 4.69) is 23.3 Å². The molecule has 1 aliphatic heterocycles. The number of carbonyl (C=O) groups is 1. The molecule has 1 saturated carbocycles. The van der Waals surface area contributed by atoms with Crippen molar-refractivity contribution in [2.45, 2.75) is 70.3 Å². The fourth-order valence-electron chi connectivity index (χ4n) is 4.54. The van der Waals surface area contributed by atoms with Gasteiger partial charge in [-0.05, 0) is 43.7 Å². The van der Waals surface area contributed by atoms with Crippen LogP contribution in [0, 0.1) is 12.8 Å². The maximum atomic E-state index is 12.9. The van der Waals surface area contributed by atoms with Crippen molar-refractivity contribution in [2.24, 2.45) is 5.92 Å². The number of likely N-dealkylation sites (tertiary alicyclic amines) is 1. The first-order valence-corrected chi connectivity index (χ1v) is 10.7. The average Bonchev–Trinajstić information content (AvgIpc) is 2.69. The highest BCUT2D eigenvalue weighted by Gasteiger charge is 2.41. The Labute approximate surface area is 163 Å². The molecule has 2 fully saturated rings. The first kappa shape index (κ1) is 20.3. The van der Waals surface area contributed by atoms with Crippen molar-refractivity contribution in [1.82, 2.24) is 15.2 Å². The molecule has 5 heteroatoms. The molecule has 2 aliphatic rings. The van der Waals surface area contributed by atoms with E-state index in [0.29, 0.717) is 13.0 Å². The van der Waals surface area contributed by atoms with Crippen LogP contribution in [0.2, 0.25) is 0 Å². The molecule has 3 rings (SSSR count). The molecular formula is C22H35N3O2. The van der Waals surface area contributed by atoms with E-state index >= 15 is 0 Å². The van der Waals surface area contributed by atoms with E-state index in [-0.39, 0.29) is 5.91 Å². The Morgan fingerprint density at radius 1 is 1.30 bits per heavy atom. The van der Waals surface area contributed by atoms with Crippen molar-refractivity contribution in [2.75, 3.05) is 26.2 Å². The second kappa shape index (κ2) is 9.65. The number of amides is 1. The molecule has 150 valence electrons. The zero-order valence-corrected chi connectivity index (χ0v) is 16.8. The molecule has 1 aromatic rings. The van der Waals surface area contributed by atoms with Crippen LogP contribution in [0.1, 0.15) is 62.6 Å². The summed E-state index contributed by atoms with van der Waals surface area (Å²) in [5.74, 6) is 0.687. The lowest BCUT2D eigenvalue weighted by atomic mass is 9.86.